The third-order valence-corrected chi connectivity index (χ3v) is 1.93. The number of likely N-dealkylation sites (N-methyl/N-ethyl adjacent to an activating group) is 1. The Kier molecular flexibility index (Phi) is 4.77. The molecule has 0 amide bonds. The average Bonchev–Trinajstić information content (AvgIpc) is 2.25. The third-order valence-electron chi connectivity index (χ3n) is 1.93. The summed E-state index contributed by atoms with van der Waals surface area (Å²) in [5.74, 6) is 0. The lowest BCUT2D eigenvalue weighted by molar-refractivity contribution is 0.126. The predicted molar refractivity (Wildman–Crippen MR) is 61.0 cm³/mol. The Balaban J connectivity index is 2.40. The van der Waals surface area contributed by atoms with Crippen molar-refractivity contribution in [1.82, 2.24) is 9.88 Å². The van der Waals surface area contributed by atoms with Crippen molar-refractivity contribution in [1.29, 1.82) is 0 Å². The van der Waals surface area contributed by atoms with E-state index in [1.54, 1.807) is 12.4 Å². The van der Waals surface area contributed by atoms with Crippen LogP contribution in [0.2, 0.25) is 0 Å². The maximum absolute atomic E-state index is 5.19. The van der Waals surface area contributed by atoms with E-state index >= 15 is 0 Å². The van der Waals surface area contributed by atoms with E-state index in [-0.39, 0.29) is 0 Å². The first-order valence-corrected chi connectivity index (χ1v) is 4.92. The van der Waals surface area contributed by atoms with Gasteiger partial charge in [-0.2, -0.15) is 0 Å². The van der Waals surface area contributed by atoms with Crippen molar-refractivity contribution in [2.24, 2.45) is 5.16 Å². The zero-order valence-corrected chi connectivity index (χ0v) is 9.47. The zero-order chi connectivity index (χ0) is 11.1. The monoisotopic (exact) mass is 207 g/mol. The normalized spacial score (nSPS) is 11.9. The van der Waals surface area contributed by atoms with Gasteiger partial charge >= 0.3 is 0 Å². The van der Waals surface area contributed by atoms with Crippen LogP contribution in [0.1, 0.15) is 12.5 Å². The smallest absolute Gasteiger partial charge is 0.129 e. The molecule has 0 fully saturated rings. The molecule has 15 heavy (non-hydrogen) atoms. The summed E-state index contributed by atoms with van der Waals surface area (Å²) in [4.78, 5) is 11.2. The van der Waals surface area contributed by atoms with Gasteiger partial charge in [-0.1, -0.05) is 5.16 Å². The Morgan fingerprint density at radius 2 is 2.07 bits per heavy atom. The van der Waals surface area contributed by atoms with Gasteiger partial charge in [0.25, 0.3) is 0 Å². The first kappa shape index (κ1) is 11.7. The van der Waals surface area contributed by atoms with Gasteiger partial charge in [0.05, 0.1) is 5.71 Å². The maximum atomic E-state index is 5.19. The highest BCUT2D eigenvalue weighted by molar-refractivity contribution is 5.98. The molecular formula is C11H17N3O. The van der Waals surface area contributed by atoms with Crippen LogP contribution in [0.15, 0.2) is 29.7 Å². The lowest BCUT2D eigenvalue weighted by atomic mass is 10.2. The molecule has 0 radical (unpaired) electrons. The van der Waals surface area contributed by atoms with Crippen LogP contribution in [-0.2, 0) is 4.84 Å². The van der Waals surface area contributed by atoms with E-state index in [1.807, 2.05) is 33.2 Å². The molecule has 0 aliphatic rings. The molecule has 0 spiro atoms. The first-order chi connectivity index (χ1) is 7.20. The summed E-state index contributed by atoms with van der Waals surface area (Å²) in [5.41, 5.74) is 1.91. The Morgan fingerprint density at radius 3 is 2.67 bits per heavy atom. The van der Waals surface area contributed by atoms with Crippen molar-refractivity contribution in [3.05, 3.63) is 30.1 Å². The van der Waals surface area contributed by atoms with Crippen LogP contribution in [0, 0.1) is 0 Å². The molecule has 1 rings (SSSR count). The number of oxime groups is 1. The van der Waals surface area contributed by atoms with Gasteiger partial charge in [0, 0.05) is 24.5 Å². The SMILES string of the molecule is C/C(=N\OCCN(C)C)c1ccncc1. The minimum absolute atomic E-state index is 0.607. The van der Waals surface area contributed by atoms with Gasteiger partial charge < -0.3 is 9.74 Å². The van der Waals surface area contributed by atoms with Crippen LogP contribution >= 0.6 is 0 Å². The van der Waals surface area contributed by atoms with E-state index in [1.165, 1.54) is 0 Å². The van der Waals surface area contributed by atoms with Crippen molar-refractivity contribution < 1.29 is 4.84 Å². The summed E-state index contributed by atoms with van der Waals surface area (Å²) < 4.78 is 0. The molecule has 0 unspecified atom stereocenters. The van der Waals surface area contributed by atoms with Crippen molar-refractivity contribution in [3.8, 4) is 0 Å². The van der Waals surface area contributed by atoms with E-state index in [2.05, 4.69) is 15.0 Å². The summed E-state index contributed by atoms with van der Waals surface area (Å²) in [6.45, 7) is 3.40. The maximum Gasteiger partial charge on any atom is 0.129 e. The second-order valence-corrected chi connectivity index (χ2v) is 3.55. The second kappa shape index (κ2) is 6.14. The molecular weight excluding hydrogens is 190 g/mol. The molecule has 4 heteroatoms. The van der Waals surface area contributed by atoms with Gasteiger partial charge in [0.1, 0.15) is 6.61 Å². The molecule has 0 atom stereocenters. The zero-order valence-electron chi connectivity index (χ0n) is 9.47. The summed E-state index contributed by atoms with van der Waals surface area (Å²) >= 11 is 0. The lowest BCUT2D eigenvalue weighted by Gasteiger charge is -2.07. The molecule has 0 aliphatic carbocycles. The van der Waals surface area contributed by atoms with Crippen LogP contribution in [0.3, 0.4) is 0 Å². The molecule has 82 valence electrons. The molecule has 0 aliphatic heterocycles. The average molecular weight is 207 g/mol. The molecule has 1 aromatic heterocycles. The molecule has 0 bridgehead atoms. The number of pyridine rings is 1. The van der Waals surface area contributed by atoms with Crippen molar-refractivity contribution >= 4 is 5.71 Å². The molecule has 0 saturated heterocycles. The van der Waals surface area contributed by atoms with Crippen molar-refractivity contribution in [3.63, 3.8) is 0 Å². The number of hydrogen-bond donors (Lipinski definition) is 0. The fourth-order valence-electron chi connectivity index (χ4n) is 1.01. The Hall–Kier alpha value is -1.42. The highest BCUT2D eigenvalue weighted by atomic mass is 16.6. The van der Waals surface area contributed by atoms with Crippen molar-refractivity contribution in [2.75, 3.05) is 27.2 Å². The standard InChI is InChI=1S/C11H17N3O/c1-10(11-4-6-12-7-5-11)13-15-9-8-14(2)3/h4-7H,8-9H2,1-3H3/b13-10+. The highest BCUT2D eigenvalue weighted by Gasteiger charge is 1.96. The molecule has 0 saturated carbocycles. The summed E-state index contributed by atoms with van der Waals surface area (Å²) in [6, 6.07) is 3.82. The molecule has 4 nitrogen and oxygen atoms in total. The van der Waals surface area contributed by atoms with E-state index in [9.17, 15) is 0 Å². The van der Waals surface area contributed by atoms with Gasteiger partial charge in [-0.15, -0.1) is 0 Å². The fourth-order valence-corrected chi connectivity index (χ4v) is 1.01. The molecule has 1 aromatic rings. The quantitative estimate of drug-likeness (QED) is 0.416. The Bertz CT molecular complexity index is 309. The number of rotatable bonds is 5. The van der Waals surface area contributed by atoms with Crippen molar-refractivity contribution in [2.45, 2.75) is 6.92 Å². The van der Waals surface area contributed by atoms with Gasteiger partial charge in [-0.25, -0.2) is 0 Å². The van der Waals surface area contributed by atoms with Crippen LogP contribution in [0.5, 0.6) is 0 Å². The highest BCUT2D eigenvalue weighted by Crippen LogP contribution is 1.99. The van der Waals surface area contributed by atoms with Gasteiger partial charge in [0.2, 0.25) is 0 Å². The minimum atomic E-state index is 0.607. The fraction of sp³-hybridized carbons (Fsp3) is 0.455. The van der Waals surface area contributed by atoms with Gasteiger partial charge in [-0.3, -0.25) is 4.98 Å². The molecule has 1 heterocycles. The van der Waals surface area contributed by atoms with Gasteiger partial charge in [0.15, 0.2) is 0 Å². The molecule has 0 aromatic carbocycles. The van der Waals surface area contributed by atoms with Crippen LogP contribution in [0.25, 0.3) is 0 Å². The summed E-state index contributed by atoms with van der Waals surface area (Å²) in [6.07, 6.45) is 3.49. The second-order valence-electron chi connectivity index (χ2n) is 3.55. The number of hydrogen-bond acceptors (Lipinski definition) is 4. The van der Waals surface area contributed by atoms with Crippen LogP contribution in [-0.4, -0.2) is 42.8 Å². The third kappa shape index (κ3) is 4.56. The Labute approximate surface area is 90.6 Å². The topological polar surface area (TPSA) is 37.7 Å². The largest absolute Gasteiger partial charge is 0.394 e. The van der Waals surface area contributed by atoms with E-state index in [4.69, 9.17) is 4.84 Å². The lowest BCUT2D eigenvalue weighted by Crippen LogP contribution is -2.17. The van der Waals surface area contributed by atoms with E-state index in [0.717, 1.165) is 17.8 Å². The van der Waals surface area contributed by atoms with E-state index < -0.39 is 0 Å². The summed E-state index contributed by atoms with van der Waals surface area (Å²) in [7, 11) is 4.01. The minimum Gasteiger partial charge on any atom is -0.394 e. The van der Waals surface area contributed by atoms with Crippen LogP contribution < -0.4 is 0 Å². The summed E-state index contributed by atoms with van der Waals surface area (Å²) in [5, 5.41) is 4.03. The predicted octanol–water partition coefficient (Wildman–Crippen LogP) is 1.38. The Morgan fingerprint density at radius 1 is 1.40 bits per heavy atom. The van der Waals surface area contributed by atoms with E-state index in [0.29, 0.717) is 6.61 Å². The first-order valence-electron chi connectivity index (χ1n) is 4.92. The number of nitrogens with zero attached hydrogens (tertiary/aromatic N) is 3. The number of aromatic nitrogens is 1. The van der Waals surface area contributed by atoms with Crippen LogP contribution in [0.4, 0.5) is 0 Å². The molecule has 0 N–H and O–H groups in total. The van der Waals surface area contributed by atoms with Gasteiger partial charge in [-0.05, 0) is 33.2 Å².